The molecule has 0 fully saturated rings. The van der Waals surface area contributed by atoms with Crippen LogP contribution >= 0.6 is 0 Å². The summed E-state index contributed by atoms with van der Waals surface area (Å²) in [6.07, 6.45) is 0. The molecule has 1 aliphatic heterocycles. The van der Waals surface area contributed by atoms with Gasteiger partial charge in [0.2, 0.25) is 0 Å². The maximum Gasteiger partial charge on any atom is 0.346 e. The molecule has 1 aliphatic rings. The van der Waals surface area contributed by atoms with Gasteiger partial charge in [-0.25, -0.2) is 4.79 Å². The van der Waals surface area contributed by atoms with Crippen LogP contribution in [0.25, 0.3) is 0 Å². The molecule has 2 amide bonds. The number of amidine groups is 1. The third-order valence-corrected chi connectivity index (χ3v) is 3.14. The van der Waals surface area contributed by atoms with Gasteiger partial charge in [0.1, 0.15) is 23.4 Å². The average molecular weight is 263 g/mol. The van der Waals surface area contributed by atoms with Crippen molar-refractivity contribution in [3.05, 3.63) is 23.8 Å². The Morgan fingerprint density at radius 2 is 2.11 bits per heavy atom. The predicted octanol–water partition coefficient (Wildman–Crippen LogP) is 1.56. The Labute approximate surface area is 111 Å². The van der Waals surface area contributed by atoms with E-state index in [1.165, 1.54) is 0 Å². The quantitative estimate of drug-likeness (QED) is 0.894. The van der Waals surface area contributed by atoms with E-state index in [4.69, 9.17) is 15.2 Å². The second-order valence-electron chi connectivity index (χ2n) is 4.12. The van der Waals surface area contributed by atoms with Gasteiger partial charge in [-0.3, -0.25) is 0 Å². The van der Waals surface area contributed by atoms with E-state index in [2.05, 4.69) is 4.99 Å². The van der Waals surface area contributed by atoms with Crippen molar-refractivity contribution in [2.24, 2.45) is 10.7 Å². The van der Waals surface area contributed by atoms with E-state index in [9.17, 15) is 4.79 Å². The maximum absolute atomic E-state index is 11.7. The van der Waals surface area contributed by atoms with Crippen LogP contribution in [-0.2, 0) is 0 Å². The van der Waals surface area contributed by atoms with Crippen LogP contribution in [0.2, 0.25) is 0 Å². The van der Waals surface area contributed by atoms with E-state index in [1.54, 1.807) is 25.2 Å². The summed E-state index contributed by atoms with van der Waals surface area (Å²) in [6, 6.07) is 4.72. The summed E-state index contributed by atoms with van der Waals surface area (Å²) in [7, 11) is 3.15. The lowest BCUT2D eigenvalue weighted by molar-refractivity contribution is 0.209. The van der Waals surface area contributed by atoms with Crippen molar-refractivity contribution in [2.45, 2.75) is 13.0 Å². The normalized spacial score (nSPS) is 18.5. The first kappa shape index (κ1) is 13.2. The van der Waals surface area contributed by atoms with Crippen LogP contribution in [0.15, 0.2) is 23.2 Å². The molecule has 0 bridgehead atoms. The zero-order valence-corrected chi connectivity index (χ0v) is 11.2. The predicted molar refractivity (Wildman–Crippen MR) is 71.7 cm³/mol. The number of benzene rings is 1. The van der Waals surface area contributed by atoms with Crippen molar-refractivity contribution >= 4 is 11.9 Å². The number of carbonyl (C=O) groups is 1. The van der Waals surface area contributed by atoms with E-state index in [0.29, 0.717) is 18.0 Å². The summed E-state index contributed by atoms with van der Waals surface area (Å²) in [4.78, 5) is 17.1. The van der Waals surface area contributed by atoms with E-state index in [-0.39, 0.29) is 17.9 Å². The molecule has 1 heterocycles. The second-order valence-corrected chi connectivity index (χ2v) is 4.12. The van der Waals surface area contributed by atoms with Gasteiger partial charge in [0, 0.05) is 18.2 Å². The summed E-state index contributed by atoms with van der Waals surface area (Å²) < 4.78 is 10.5. The molecule has 1 unspecified atom stereocenters. The Morgan fingerprint density at radius 3 is 2.68 bits per heavy atom. The van der Waals surface area contributed by atoms with Gasteiger partial charge in [-0.05, 0) is 19.1 Å². The lowest BCUT2D eigenvalue weighted by atomic mass is 10.0. The smallest absolute Gasteiger partial charge is 0.346 e. The Balaban J connectivity index is 2.46. The number of methoxy groups -OCH3 is 2. The number of hydrogen-bond donors (Lipinski definition) is 1. The Kier molecular flexibility index (Phi) is 3.59. The number of rotatable bonds is 4. The Hall–Kier alpha value is -2.24. The summed E-state index contributed by atoms with van der Waals surface area (Å²) in [5.74, 6) is 1.59. The molecule has 6 nitrogen and oxygen atoms in total. The fourth-order valence-electron chi connectivity index (χ4n) is 2.20. The van der Waals surface area contributed by atoms with Crippen LogP contribution in [0.3, 0.4) is 0 Å². The number of hydrogen-bond acceptors (Lipinski definition) is 4. The van der Waals surface area contributed by atoms with Crippen molar-refractivity contribution in [3.8, 4) is 11.5 Å². The number of nitrogens with two attached hydrogens (primary N) is 1. The number of urea groups is 1. The van der Waals surface area contributed by atoms with Crippen LogP contribution in [0.1, 0.15) is 18.5 Å². The minimum atomic E-state index is -0.377. The molecule has 0 aromatic heterocycles. The minimum absolute atomic E-state index is 0.287. The van der Waals surface area contributed by atoms with Gasteiger partial charge >= 0.3 is 6.03 Å². The van der Waals surface area contributed by atoms with Gasteiger partial charge in [0.15, 0.2) is 0 Å². The van der Waals surface area contributed by atoms with Gasteiger partial charge in [-0.15, -0.1) is 0 Å². The molecule has 6 heteroatoms. The van der Waals surface area contributed by atoms with E-state index < -0.39 is 0 Å². The molecular formula is C13H17N3O3. The largest absolute Gasteiger partial charge is 0.497 e. The maximum atomic E-state index is 11.7. The fraction of sp³-hybridized carbons (Fsp3) is 0.385. The second kappa shape index (κ2) is 5.17. The monoisotopic (exact) mass is 263 g/mol. The van der Waals surface area contributed by atoms with Gasteiger partial charge < -0.3 is 20.1 Å². The van der Waals surface area contributed by atoms with Crippen molar-refractivity contribution < 1.29 is 14.3 Å². The number of aliphatic imine (C=N–C) groups is 1. The molecule has 1 atom stereocenters. The van der Waals surface area contributed by atoms with Crippen LogP contribution in [0.4, 0.5) is 4.79 Å². The molecule has 0 saturated heterocycles. The summed E-state index contributed by atoms with van der Waals surface area (Å²) in [5.41, 5.74) is 6.67. The van der Waals surface area contributed by atoms with E-state index >= 15 is 0 Å². The van der Waals surface area contributed by atoms with E-state index in [0.717, 1.165) is 5.56 Å². The number of carbonyl (C=O) groups excluding carboxylic acids is 1. The highest BCUT2D eigenvalue weighted by molar-refractivity contribution is 6.03. The van der Waals surface area contributed by atoms with Crippen LogP contribution in [0, 0.1) is 0 Å². The van der Waals surface area contributed by atoms with E-state index in [1.807, 2.05) is 19.1 Å². The highest BCUT2D eigenvalue weighted by Gasteiger charge is 2.35. The zero-order valence-electron chi connectivity index (χ0n) is 11.2. The standard InChI is InChI=1S/C13H17N3O3/c1-4-16-11(12(14)15-13(16)17)9-6-5-8(18-2)7-10(9)19-3/h5-7,11H,4H2,1-3H3,(H2,14,15,17). The van der Waals surface area contributed by atoms with Crippen LogP contribution in [-0.4, -0.2) is 37.5 Å². The SMILES string of the molecule is CCN1C(=O)N=C(N)C1c1ccc(OC)cc1OC. The number of ether oxygens (including phenoxy) is 2. The van der Waals surface area contributed by atoms with Crippen LogP contribution in [0.5, 0.6) is 11.5 Å². The highest BCUT2D eigenvalue weighted by Crippen LogP contribution is 2.35. The summed E-state index contributed by atoms with van der Waals surface area (Å²) in [5, 5.41) is 0. The van der Waals surface area contributed by atoms with Crippen molar-refractivity contribution in [2.75, 3.05) is 20.8 Å². The molecular weight excluding hydrogens is 246 g/mol. The Bertz CT molecular complexity index is 528. The zero-order chi connectivity index (χ0) is 14.0. The molecule has 2 N–H and O–H groups in total. The number of likely N-dealkylation sites (N-methyl/N-ethyl adjacent to an activating group) is 1. The average Bonchev–Trinajstić information content (AvgIpc) is 2.71. The number of nitrogens with zero attached hydrogens (tertiary/aromatic N) is 2. The minimum Gasteiger partial charge on any atom is -0.497 e. The van der Waals surface area contributed by atoms with Gasteiger partial charge in [0.25, 0.3) is 0 Å². The van der Waals surface area contributed by atoms with Gasteiger partial charge in [-0.1, -0.05) is 0 Å². The van der Waals surface area contributed by atoms with Crippen molar-refractivity contribution in [3.63, 3.8) is 0 Å². The molecule has 0 aliphatic carbocycles. The lowest BCUT2D eigenvalue weighted by Gasteiger charge is -2.24. The summed E-state index contributed by atoms with van der Waals surface area (Å²) in [6.45, 7) is 2.41. The molecule has 19 heavy (non-hydrogen) atoms. The molecule has 1 aromatic rings. The van der Waals surface area contributed by atoms with Crippen molar-refractivity contribution in [1.82, 2.24) is 4.90 Å². The third kappa shape index (κ3) is 2.21. The number of amides is 2. The van der Waals surface area contributed by atoms with Crippen molar-refractivity contribution in [1.29, 1.82) is 0 Å². The van der Waals surface area contributed by atoms with Gasteiger partial charge in [0.05, 0.1) is 14.2 Å². The topological polar surface area (TPSA) is 77.2 Å². The Morgan fingerprint density at radius 1 is 1.37 bits per heavy atom. The molecule has 1 aromatic carbocycles. The first-order valence-corrected chi connectivity index (χ1v) is 5.99. The first-order chi connectivity index (χ1) is 9.12. The fourth-order valence-corrected chi connectivity index (χ4v) is 2.20. The molecule has 2 rings (SSSR count). The third-order valence-electron chi connectivity index (χ3n) is 3.14. The lowest BCUT2D eigenvalue weighted by Crippen LogP contribution is -2.33. The highest BCUT2D eigenvalue weighted by atomic mass is 16.5. The molecule has 0 saturated carbocycles. The van der Waals surface area contributed by atoms with Gasteiger partial charge in [-0.2, -0.15) is 4.99 Å². The summed E-state index contributed by atoms with van der Waals surface area (Å²) >= 11 is 0. The molecule has 0 spiro atoms. The first-order valence-electron chi connectivity index (χ1n) is 5.99. The van der Waals surface area contributed by atoms with Crippen LogP contribution < -0.4 is 15.2 Å². The molecule has 0 radical (unpaired) electrons. The molecule has 102 valence electrons.